The number of aliphatic hydroxyl groups excluding tert-OH is 1. The number of carboxylic acid groups (broad SMARTS) is 2. The van der Waals surface area contributed by atoms with E-state index in [0.29, 0.717) is 5.69 Å². The molecule has 0 aliphatic rings. The van der Waals surface area contributed by atoms with E-state index in [2.05, 4.69) is 15.5 Å². The molecule has 12 N–H and O–H groups in total. The van der Waals surface area contributed by atoms with Gasteiger partial charge in [0.1, 0.15) is 12.4 Å². The molecule has 262 valence electrons. The van der Waals surface area contributed by atoms with Crippen molar-refractivity contribution in [1.29, 1.82) is 0 Å². The first-order chi connectivity index (χ1) is 23.4. The van der Waals surface area contributed by atoms with Crippen LogP contribution in [-0.4, -0.2) is 62.8 Å². The number of hydrogen-bond donors (Lipinski definition) is 9. The fourth-order valence-electron chi connectivity index (χ4n) is 3.84. The van der Waals surface area contributed by atoms with Gasteiger partial charge in [0, 0.05) is 11.4 Å². The summed E-state index contributed by atoms with van der Waals surface area (Å²) in [6.07, 6.45) is 0. The third kappa shape index (κ3) is 10.3. The number of anilines is 3. The standard InChI is InChI=1S/C16H15N3O7S.C13H13N5O4S/c20-9-17-16(24)19-27(25,26)11-7-5-10(6-8-11)18-14(21)12-3-1-2-4-13(12)15(22)23;14-7-5-10(13(19)20)12(11(15)6-7)18-17-8-1-3-9(4-2-8)23(16,21)22/h1-8,20H,9H2,(H,18,21)(H,22,23)(H2,17,19,24);1-6H,14-15H2,(H,19,20)(H2,16,21,22)/b;18-17+. The predicted molar refractivity (Wildman–Crippen MR) is 178 cm³/mol. The number of carbonyl (C=O) groups is 4. The molecule has 3 amide bonds. The van der Waals surface area contributed by atoms with Gasteiger partial charge >= 0.3 is 18.0 Å². The summed E-state index contributed by atoms with van der Waals surface area (Å²) in [6, 6.07) is 17.2. The Morgan fingerprint density at radius 2 is 1.28 bits per heavy atom. The van der Waals surface area contributed by atoms with Gasteiger partial charge in [0.05, 0.1) is 37.9 Å². The average Bonchev–Trinajstić information content (AvgIpc) is 3.04. The van der Waals surface area contributed by atoms with E-state index in [4.69, 9.17) is 31.9 Å². The molecule has 0 saturated heterocycles. The van der Waals surface area contributed by atoms with Crippen LogP contribution in [0.2, 0.25) is 0 Å². The average molecular weight is 729 g/mol. The molecule has 0 heterocycles. The molecule has 0 aromatic heterocycles. The molecule has 0 radical (unpaired) electrons. The predicted octanol–water partition coefficient (Wildman–Crippen LogP) is 2.19. The summed E-state index contributed by atoms with van der Waals surface area (Å²) < 4.78 is 48.0. The number of benzene rings is 4. The van der Waals surface area contributed by atoms with Gasteiger partial charge in [-0.15, -0.1) is 5.11 Å². The molecule has 0 aliphatic carbocycles. The number of nitrogens with two attached hydrogens (primary N) is 3. The number of aliphatic hydroxyl groups is 1. The van der Waals surface area contributed by atoms with Gasteiger partial charge in [-0.05, 0) is 72.8 Å². The SMILES string of the molecule is Nc1cc(N)c(/N=N/c2ccc(S(N)(=O)=O)cc2)c(C(=O)O)c1.O=C(NCO)NS(=O)(=O)c1ccc(NC(=O)c2ccccc2C(=O)O)cc1. The summed E-state index contributed by atoms with van der Waals surface area (Å²) in [5.74, 6) is -3.18. The molecular weight excluding hydrogens is 700 g/mol. The van der Waals surface area contributed by atoms with Crippen LogP contribution < -0.4 is 32.0 Å². The van der Waals surface area contributed by atoms with Gasteiger partial charge in [0.2, 0.25) is 10.0 Å². The first-order valence-electron chi connectivity index (χ1n) is 13.5. The Morgan fingerprint density at radius 1 is 0.720 bits per heavy atom. The van der Waals surface area contributed by atoms with Crippen LogP contribution >= 0.6 is 0 Å². The molecule has 4 aromatic carbocycles. The molecule has 0 fully saturated rings. The highest BCUT2D eigenvalue weighted by Gasteiger charge is 2.19. The monoisotopic (exact) mass is 728 g/mol. The van der Waals surface area contributed by atoms with Crippen molar-refractivity contribution in [3.63, 3.8) is 0 Å². The maximum absolute atomic E-state index is 12.3. The first kappa shape index (κ1) is 38.0. The summed E-state index contributed by atoms with van der Waals surface area (Å²) in [5, 5.41) is 43.7. The number of nitrogen functional groups attached to an aromatic ring is 2. The summed E-state index contributed by atoms with van der Waals surface area (Å²) in [5.41, 5.74) is 11.6. The van der Waals surface area contributed by atoms with E-state index in [9.17, 15) is 36.0 Å². The largest absolute Gasteiger partial charge is 0.478 e. The molecule has 50 heavy (non-hydrogen) atoms. The van der Waals surface area contributed by atoms with Crippen LogP contribution in [0.1, 0.15) is 31.1 Å². The highest BCUT2D eigenvalue weighted by Crippen LogP contribution is 2.31. The zero-order chi connectivity index (χ0) is 37.2. The summed E-state index contributed by atoms with van der Waals surface area (Å²) in [4.78, 5) is 45.5. The van der Waals surface area contributed by atoms with E-state index in [-0.39, 0.29) is 49.2 Å². The lowest BCUT2D eigenvalue weighted by molar-refractivity contribution is 0.0685. The lowest BCUT2D eigenvalue weighted by atomic mass is 10.1. The van der Waals surface area contributed by atoms with E-state index in [1.807, 2.05) is 5.32 Å². The minimum Gasteiger partial charge on any atom is -0.478 e. The Kier molecular flexibility index (Phi) is 12.3. The second kappa shape index (κ2) is 16.1. The third-order valence-corrected chi connectivity index (χ3v) is 8.39. The zero-order valence-corrected chi connectivity index (χ0v) is 27.0. The van der Waals surface area contributed by atoms with Gasteiger partial charge in [-0.3, -0.25) is 4.79 Å². The molecule has 0 spiro atoms. The molecule has 4 rings (SSSR count). The Hall–Kier alpha value is -6.42. The Balaban J connectivity index is 0.000000274. The number of aromatic carboxylic acids is 2. The second-order valence-electron chi connectivity index (χ2n) is 9.65. The van der Waals surface area contributed by atoms with E-state index in [1.54, 1.807) is 4.72 Å². The van der Waals surface area contributed by atoms with Crippen molar-refractivity contribution in [2.75, 3.05) is 23.5 Å². The van der Waals surface area contributed by atoms with E-state index < -0.39 is 50.7 Å². The van der Waals surface area contributed by atoms with Crippen LogP contribution in [0.25, 0.3) is 0 Å². The highest BCUT2D eigenvalue weighted by atomic mass is 32.2. The van der Waals surface area contributed by atoms with Crippen LogP contribution in [0.3, 0.4) is 0 Å². The number of urea groups is 1. The van der Waals surface area contributed by atoms with E-state index in [0.717, 1.165) is 12.1 Å². The van der Waals surface area contributed by atoms with Crippen molar-refractivity contribution in [3.8, 4) is 0 Å². The van der Waals surface area contributed by atoms with E-state index in [1.165, 1.54) is 72.8 Å². The van der Waals surface area contributed by atoms with Crippen molar-refractivity contribution in [2.24, 2.45) is 15.4 Å². The zero-order valence-electron chi connectivity index (χ0n) is 25.3. The number of primary sulfonamides is 1. The number of azo groups is 1. The van der Waals surface area contributed by atoms with Crippen LogP contribution in [-0.2, 0) is 20.0 Å². The number of hydrogen-bond acceptors (Lipinski definition) is 13. The van der Waals surface area contributed by atoms with Crippen LogP contribution in [0.15, 0.2) is 105 Å². The summed E-state index contributed by atoms with van der Waals surface area (Å²) >= 11 is 0. The smallest absolute Gasteiger partial charge is 0.338 e. The highest BCUT2D eigenvalue weighted by molar-refractivity contribution is 7.90. The molecule has 0 unspecified atom stereocenters. The van der Waals surface area contributed by atoms with Crippen molar-refractivity contribution in [3.05, 3.63) is 102 Å². The molecule has 0 atom stereocenters. The topological polar surface area (TPSA) is 336 Å². The number of amides is 3. The second-order valence-corrected chi connectivity index (χ2v) is 12.9. The molecular formula is C29H28N8O11S2. The molecule has 21 heteroatoms. The van der Waals surface area contributed by atoms with Gasteiger partial charge in [0.15, 0.2) is 0 Å². The number of nitrogens with zero attached hydrogens (tertiary/aromatic N) is 2. The van der Waals surface area contributed by atoms with Gasteiger partial charge in [-0.25, -0.2) is 41.1 Å². The van der Waals surface area contributed by atoms with Crippen molar-refractivity contribution in [1.82, 2.24) is 10.0 Å². The number of sulfonamides is 2. The van der Waals surface area contributed by atoms with Gasteiger partial charge in [0.25, 0.3) is 15.9 Å². The van der Waals surface area contributed by atoms with Crippen LogP contribution in [0.4, 0.5) is 33.2 Å². The van der Waals surface area contributed by atoms with E-state index >= 15 is 0 Å². The third-order valence-electron chi connectivity index (χ3n) is 6.11. The number of nitrogens with one attached hydrogen (secondary N) is 3. The minimum absolute atomic E-state index is 0.0396. The molecule has 0 saturated carbocycles. The van der Waals surface area contributed by atoms with Crippen molar-refractivity contribution < 1.29 is 51.3 Å². The number of rotatable bonds is 10. The Morgan fingerprint density at radius 3 is 1.82 bits per heavy atom. The van der Waals surface area contributed by atoms with Crippen LogP contribution in [0.5, 0.6) is 0 Å². The molecule has 4 aromatic rings. The van der Waals surface area contributed by atoms with Gasteiger partial charge < -0.3 is 37.4 Å². The van der Waals surface area contributed by atoms with Gasteiger partial charge in [-0.1, -0.05) is 12.1 Å². The quantitative estimate of drug-likeness (QED) is 0.0643. The maximum atomic E-state index is 12.3. The normalized spacial score (nSPS) is 11.2. The number of carbonyl (C=O) groups excluding carboxylic acids is 2. The summed E-state index contributed by atoms with van der Waals surface area (Å²) in [6.45, 7) is -0.732. The first-order valence-corrected chi connectivity index (χ1v) is 16.6. The fourth-order valence-corrected chi connectivity index (χ4v) is 5.28. The van der Waals surface area contributed by atoms with Crippen LogP contribution in [0, 0.1) is 0 Å². The molecule has 19 nitrogen and oxygen atoms in total. The lowest BCUT2D eigenvalue weighted by Gasteiger charge is -2.10. The summed E-state index contributed by atoms with van der Waals surface area (Å²) in [7, 11) is -7.96. The van der Waals surface area contributed by atoms with Crippen molar-refractivity contribution >= 4 is 72.4 Å². The number of carboxylic acids is 2. The Labute approximate surface area is 283 Å². The molecule has 0 bridgehead atoms. The fraction of sp³-hybridized carbons (Fsp3) is 0.0345. The lowest BCUT2D eigenvalue weighted by Crippen LogP contribution is -2.39. The van der Waals surface area contributed by atoms with Gasteiger partial charge in [-0.2, -0.15) is 5.11 Å². The minimum atomic E-state index is -4.16. The Bertz CT molecular complexity index is 2180. The maximum Gasteiger partial charge on any atom is 0.338 e. The van der Waals surface area contributed by atoms with Crippen molar-refractivity contribution in [2.45, 2.75) is 9.79 Å². The molecule has 0 aliphatic heterocycles.